The van der Waals surface area contributed by atoms with Crippen molar-refractivity contribution in [2.75, 3.05) is 11.9 Å². The second-order valence-corrected chi connectivity index (χ2v) is 5.34. The molecule has 0 spiro atoms. The van der Waals surface area contributed by atoms with Gasteiger partial charge in [-0.1, -0.05) is 13.8 Å². The van der Waals surface area contributed by atoms with Gasteiger partial charge in [-0.2, -0.15) is 13.2 Å². The molecular weight excluding hydrogens is 281 g/mol. The van der Waals surface area contributed by atoms with E-state index in [2.05, 4.69) is 10.6 Å². The fourth-order valence-electron chi connectivity index (χ4n) is 1.95. The van der Waals surface area contributed by atoms with E-state index in [1.807, 2.05) is 13.8 Å². The molecule has 0 bridgehead atoms. The smallest absolute Gasteiger partial charge is 0.382 e. The van der Waals surface area contributed by atoms with E-state index in [0.717, 1.165) is 12.1 Å². The third kappa shape index (κ3) is 6.06. The van der Waals surface area contributed by atoms with E-state index < -0.39 is 11.7 Å². The van der Waals surface area contributed by atoms with Crippen LogP contribution >= 0.6 is 0 Å². The molecule has 0 heterocycles. The van der Waals surface area contributed by atoms with Crippen molar-refractivity contribution in [1.82, 2.24) is 5.32 Å². The highest BCUT2D eigenvalue weighted by Crippen LogP contribution is 2.30. The number of hydrogen-bond acceptors (Lipinski definition) is 2. The summed E-state index contributed by atoms with van der Waals surface area (Å²) in [5.41, 5.74) is -0.0167. The van der Waals surface area contributed by atoms with E-state index in [-0.39, 0.29) is 11.9 Å². The summed E-state index contributed by atoms with van der Waals surface area (Å²) < 4.78 is 37.5. The third-order valence-corrected chi connectivity index (χ3v) is 3.20. The predicted octanol–water partition coefficient (Wildman–Crippen LogP) is 3.67. The zero-order valence-corrected chi connectivity index (χ0v) is 12.4. The quantitative estimate of drug-likeness (QED) is 0.842. The summed E-state index contributed by atoms with van der Waals surface area (Å²) in [4.78, 5) is 10.8. The van der Waals surface area contributed by atoms with Crippen LogP contribution in [0.1, 0.15) is 32.8 Å². The van der Waals surface area contributed by atoms with E-state index >= 15 is 0 Å². The zero-order valence-electron chi connectivity index (χ0n) is 12.4. The second kappa shape index (κ2) is 7.33. The monoisotopic (exact) mass is 302 g/mol. The van der Waals surface area contributed by atoms with Gasteiger partial charge in [0.25, 0.3) is 0 Å². The van der Waals surface area contributed by atoms with Gasteiger partial charge in [0.15, 0.2) is 0 Å². The second-order valence-electron chi connectivity index (χ2n) is 5.34. The Morgan fingerprint density at radius 2 is 1.76 bits per heavy atom. The molecule has 1 unspecified atom stereocenters. The minimum Gasteiger partial charge on any atom is -0.382 e. The standard InChI is InChI=1S/C15H21F3N2O/c1-10(2)14(8-9-19-11(3)21)20-13-6-4-12(5-7-13)15(16,17)18/h4-7,10,14,20H,8-9H2,1-3H3,(H,19,21). The van der Waals surface area contributed by atoms with Crippen LogP contribution in [0.4, 0.5) is 18.9 Å². The summed E-state index contributed by atoms with van der Waals surface area (Å²) in [5.74, 6) is 0.202. The van der Waals surface area contributed by atoms with Gasteiger partial charge in [-0.15, -0.1) is 0 Å². The molecule has 0 radical (unpaired) electrons. The Bertz CT molecular complexity index is 455. The number of benzene rings is 1. The number of carbonyl (C=O) groups is 1. The van der Waals surface area contributed by atoms with Gasteiger partial charge < -0.3 is 10.6 Å². The summed E-state index contributed by atoms with van der Waals surface area (Å²) in [5, 5.41) is 5.93. The molecule has 0 aliphatic carbocycles. The Hall–Kier alpha value is -1.72. The molecule has 0 aromatic heterocycles. The van der Waals surface area contributed by atoms with Gasteiger partial charge in [-0.3, -0.25) is 4.79 Å². The first-order chi connectivity index (χ1) is 9.70. The fourth-order valence-corrected chi connectivity index (χ4v) is 1.95. The molecule has 2 N–H and O–H groups in total. The van der Waals surface area contributed by atoms with Gasteiger partial charge in [0.05, 0.1) is 5.56 Å². The molecule has 6 heteroatoms. The van der Waals surface area contributed by atoms with Crippen molar-refractivity contribution in [2.45, 2.75) is 39.4 Å². The average Bonchev–Trinajstić information content (AvgIpc) is 2.36. The summed E-state index contributed by atoms with van der Waals surface area (Å²) in [6.07, 6.45) is -3.61. The summed E-state index contributed by atoms with van der Waals surface area (Å²) >= 11 is 0. The van der Waals surface area contributed by atoms with Crippen LogP contribution in [0.5, 0.6) is 0 Å². The summed E-state index contributed by atoms with van der Waals surface area (Å²) in [6, 6.07) is 5.06. The number of carbonyl (C=O) groups excluding carboxylic acids is 1. The predicted molar refractivity (Wildman–Crippen MR) is 77.0 cm³/mol. The van der Waals surface area contributed by atoms with Crippen LogP contribution in [0.3, 0.4) is 0 Å². The van der Waals surface area contributed by atoms with Crippen molar-refractivity contribution in [2.24, 2.45) is 5.92 Å². The average molecular weight is 302 g/mol. The van der Waals surface area contributed by atoms with Crippen LogP contribution in [0.2, 0.25) is 0 Å². The molecule has 3 nitrogen and oxygen atoms in total. The van der Waals surface area contributed by atoms with Gasteiger partial charge >= 0.3 is 6.18 Å². The summed E-state index contributed by atoms with van der Waals surface area (Å²) in [6.45, 7) is 6.03. The lowest BCUT2D eigenvalue weighted by Gasteiger charge is -2.24. The lowest BCUT2D eigenvalue weighted by molar-refractivity contribution is -0.137. The first kappa shape index (κ1) is 17.3. The lowest BCUT2D eigenvalue weighted by Crippen LogP contribution is -2.31. The SMILES string of the molecule is CC(=O)NCCC(Nc1ccc(C(F)(F)F)cc1)C(C)C. The topological polar surface area (TPSA) is 41.1 Å². The van der Waals surface area contributed by atoms with E-state index in [1.165, 1.54) is 19.1 Å². The van der Waals surface area contributed by atoms with Gasteiger partial charge in [-0.05, 0) is 36.6 Å². The molecule has 1 aromatic rings. The first-order valence-electron chi connectivity index (χ1n) is 6.88. The van der Waals surface area contributed by atoms with Crippen molar-refractivity contribution >= 4 is 11.6 Å². The molecule has 1 aromatic carbocycles. The van der Waals surface area contributed by atoms with Crippen molar-refractivity contribution in [1.29, 1.82) is 0 Å². The Morgan fingerprint density at radius 1 is 1.19 bits per heavy atom. The molecule has 21 heavy (non-hydrogen) atoms. The van der Waals surface area contributed by atoms with E-state index in [9.17, 15) is 18.0 Å². The number of amides is 1. The van der Waals surface area contributed by atoms with E-state index in [1.54, 1.807) is 0 Å². The third-order valence-electron chi connectivity index (χ3n) is 3.20. The molecule has 1 amide bonds. The van der Waals surface area contributed by atoms with E-state index in [4.69, 9.17) is 0 Å². The maximum absolute atomic E-state index is 12.5. The molecule has 1 atom stereocenters. The van der Waals surface area contributed by atoms with Crippen LogP contribution in [0.15, 0.2) is 24.3 Å². The van der Waals surface area contributed by atoms with Crippen LogP contribution in [0, 0.1) is 5.92 Å². The fraction of sp³-hybridized carbons (Fsp3) is 0.533. The van der Waals surface area contributed by atoms with Gasteiger partial charge in [0.1, 0.15) is 0 Å². The molecular formula is C15H21F3N2O. The number of anilines is 1. The molecule has 1 rings (SSSR count). The highest BCUT2D eigenvalue weighted by Gasteiger charge is 2.30. The zero-order chi connectivity index (χ0) is 16.0. The number of nitrogens with one attached hydrogen (secondary N) is 2. The Morgan fingerprint density at radius 3 is 2.19 bits per heavy atom. The van der Waals surface area contributed by atoms with Crippen molar-refractivity contribution < 1.29 is 18.0 Å². The van der Waals surface area contributed by atoms with Crippen molar-refractivity contribution in [3.8, 4) is 0 Å². The molecule has 0 saturated heterocycles. The minimum absolute atomic E-state index is 0.0774. The maximum atomic E-state index is 12.5. The lowest BCUT2D eigenvalue weighted by atomic mass is 10.0. The van der Waals surface area contributed by atoms with Gasteiger partial charge in [0, 0.05) is 25.2 Å². The van der Waals surface area contributed by atoms with Crippen molar-refractivity contribution in [3.63, 3.8) is 0 Å². The number of rotatable bonds is 6. The normalized spacial score (nSPS) is 13.1. The largest absolute Gasteiger partial charge is 0.416 e. The number of hydrogen-bond donors (Lipinski definition) is 2. The Labute approximate surface area is 122 Å². The van der Waals surface area contributed by atoms with Crippen LogP contribution < -0.4 is 10.6 Å². The Balaban J connectivity index is 2.64. The van der Waals surface area contributed by atoms with E-state index in [0.29, 0.717) is 24.6 Å². The van der Waals surface area contributed by atoms with Crippen molar-refractivity contribution in [3.05, 3.63) is 29.8 Å². The molecule has 0 aliphatic heterocycles. The molecule has 118 valence electrons. The maximum Gasteiger partial charge on any atom is 0.416 e. The highest BCUT2D eigenvalue weighted by atomic mass is 19.4. The van der Waals surface area contributed by atoms with Crippen LogP contribution in [0.25, 0.3) is 0 Å². The van der Waals surface area contributed by atoms with Gasteiger partial charge in [0.2, 0.25) is 5.91 Å². The molecule has 0 aliphatic rings. The van der Waals surface area contributed by atoms with Crippen LogP contribution in [-0.4, -0.2) is 18.5 Å². The summed E-state index contributed by atoms with van der Waals surface area (Å²) in [7, 11) is 0. The van der Waals surface area contributed by atoms with Crippen LogP contribution in [-0.2, 0) is 11.0 Å². The minimum atomic E-state index is -4.32. The number of alkyl halides is 3. The number of halogens is 3. The highest BCUT2D eigenvalue weighted by molar-refractivity contribution is 5.72. The Kier molecular flexibility index (Phi) is 6.05. The van der Waals surface area contributed by atoms with Gasteiger partial charge in [-0.25, -0.2) is 0 Å². The molecule has 0 saturated carbocycles. The first-order valence-corrected chi connectivity index (χ1v) is 6.88. The molecule has 0 fully saturated rings.